The van der Waals surface area contributed by atoms with E-state index < -0.39 is 41.8 Å². The van der Waals surface area contributed by atoms with E-state index in [1.807, 2.05) is 0 Å². The van der Waals surface area contributed by atoms with Gasteiger partial charge in [0.05, 0.1) is 0 Å². The first-order valence-corrected chi connectivity index (χ1v) is 11.2. The Labute approximate surface area is 187 Å². The van der Waals surface area contributed by atoms with Crippen molar-refractivity contribution in [2.75, 3.05) is 13.2 Å². The summed E-state index contributed by atoms with van der Waals surface area (Å²) in [6.45, 7) is 7.79. The maximum Gasteiger partial charge on any atom is 0.408 e. The molecule has 0 aliphatic carbocycles. The molecule has 0 radical (unpaired) electrons. The summed E-state index contributed by atoms with van der Waals surface area (Å²) in [6.07, 6.45) is -0.515. The van der Waals surface area contributed by atoms with E-state index in [0.717, 1.165) is 6.42 Å². The fourth-order valence-corrected chi connectivity index (χ4v) is 4.00. The lowest BCUT2D eigenvalue weighted by Gasteiger charge is -2.27. The number of esters is 2. The molecule has 1 aliphatic rings. The van der Waals surface area contributed by atoms with E-state index in [1.165, 1.54) is 11.3 Å². The third-order valence-corrected chi connectivity index (χ3v) is 5.48. The highest BCUT2D eigenvalue weighted by Crippen LogP contribution is 2.28. The first-order chi connectivity index (χ1) is 14.1. The molecule has 1 unspecified atom stereocenters. The van der Waals surface area contributed by atoms with Gasteiger partial charge in [0, 0.05) is 18.5 Å². The number of aromatic nitrogens is 1. The highest BCUT2D eigenvalue weighted by molar-refractivity contribution is 9.10. The molecular formula is C18H27BrN4O6S. The van der Waals surface area contributed by atoms with Crippen LogP contribution >= 0.6 is 27.3 Å². The van der Waals surface area contributed by atoms with E-state index in [4.69, 9.17) is 14.2 Å². The van der Waals surface area contributed by atoms with Crippen molar-refractivity contribution in [2.24, 2.45) is 0 Å². The maximum atomic E-state index is 12.9. The van der Waals surface area contributed by atoms with Gasteiger partial charge in [0.2, 0.25) is 0 Å². The number of hydrazine groups is 1. The minimum absolute atomic E-state index is 0.240. The second kappa shape index (κ2) is 11.1. The van der Waals surface area contributed by atoms with Crippen molar-refractivity contribution in [2.45, 2.75) is 64.3 Å². The number of halogens is 1. The molecular weight excluding hydrogens is 480 g/mol. The molecule has 12 heteroatoms. The molecule has 0 spiro atoms. The van der Waals surface area contributed by atoms with Crippen LogP contribution in [0.25, 0.3) is 0 Å². The van der Waals surface area contributed by atoms with Gasteiger partial charge in [0.1, 0.15) is 27.4 Å². The standard InChI is InChI=1S/C18H27BrN4O6S/c1-5-27-13(14-21-11(19)9-30-14)12(22-17(26)29-18(2,3)4)16(25)28-15(24)10-7-6-8-20-23-10/h9-10,12-13,20,23H,5-8H2,1-4H3,(H,22,26)/t10?,12-,13-/m0/s1. The zero-order chi connectivity index (χ0) is 22.3. The molecule has 168 valence electrons. The number of rotatable bonds is 7. The van der Waals surface area contributed by atoms with Crippen LogP contribution in [-0.2, 0) is 23.8 Å². The number of hydrogen-bond acceptors (Lipinski definition) is 10. The predicted molar refractivity (Wildman–Crippen MR) is 113 cm³/mol. The van der Waals surface area contributed by atoms with E-state index in [2.05, 4.69) is 37.1 Å². The van der Waals surface area contributed by atoms with E-state index in [1.54, 1.807) is 33.1 Å². The number of hydrogen-bond donors (Lipinski definition) is 3. The van der Waals surface area contributed by atoms with Crippen molar-refractivity contribution in [3.8, 4) is 0 Å². The van der Waals surface area contributed by atoms with Gasteiger partial charge in [-0.1, -0.05) is 0 Å². The highest BCUT2D eigenvalue weighted by atomic mass is 79.9. The minimum Gasteiger partial charge on any atom is -0.444 e. The Hall–Kier alpha value is -1.60. The minimum atomic E-state index is -1.33. The lowest BCUT2D eigenvalue weighted by Crippen LogP contribution is -2.53. The molecule has 3 N–H and O–H groups in total. The summed E-state index contributed by atoms with van der Waals surface area (Å²) in [6, 6.07) is -2.00. The van der Waals surface area contributed by atoms with Gasteiger partial charge in [-0.15, -0.1) is 11.3 Å². The first kappa shape index (κ1) is 24.7. The number of nitrogens with one attached hydrogen (secondary N) is 3. The summed E-state index contributed by atoms with van der Waals surface area (Å²) in [5, 5.41) is 4.64. The third-order valence-electron chi connectivity index (χ3n) is 3.87. The van der Waals surface area contributed by atoms with Gasteiger partial charge in [0.25, 0.3) is 0 Å². The van der Waals surface area contributed by atoms with Crippen LogP contribution in [0.2, 0.25) is 0 Å². The van der Waals surface area contributed by atoms with Crippen molar-refractivity contribution >= 4 is 45.3 Å². The zero-order valence-corrected chi connectivity index (χ0v) is 19.7. The number of ether oxygens (including phenoxy) is 3. The van der Waals surface area contributed by atoms with E-state index >= 15 is 0 Å². The Morgan fingerprint density at radius 2 is 2.13 bits per heavy atom. The molecule has 0 bridgehead atoms. The Balaban J connectivity index is 2.22. The molecule has 2 heterocycles. The normalized spacial score (nSPS) is 18.9. The second-order valence-electron chi connectivity index (χ2n) is 7.51. The predicted octanol–water partition coefficient (Wildman–Crippen LogP) is 2.20. The third kappa shape index (κ3) is 7.58. The zero-order valence-electron chi connectivity index (χ0n) is 17.3. The molecule has 2 rings (SSSR count). The highest BCUT2D eigenvalue weighted by Gasteiger charge is 2.38. The average Bonchev–Trinajstić information content (AvgIpc) is 3.09. The van der Waals surface area contributed by atoms with Gasteiger partial charge in [-0.25, -0.2) is 24.8 Å². The summed E-state index contributed by atoms with van der Waals surface area (Å²) in [5.41, 5.74) is 4.87. The van der Waals surface area contributed by atoms with Gasteiger partial charge in [-0.2, -0.15) is 0 Å². The van der Waals surface area contributed by atoms with Gasteiger partial charge < -0.3 is 19.5 Å². The molecule has 1 aromatic heterocycles. The van der Waals surface area contributed by atoms with Crippen molar-refractivity contribution in [1.82, 2.24) is 21.2 Å². The van der Waals surface area contributed by atoms with Crippen molar-refractivity contribution < 1.29 is 28.6 Å². The van der Waals surface area contributed by atoms with E-state index in [9.17, 15) is 14.4 Å². The largest absolute Gasteiger partial charge is 0.444 e. The number of nitrogens with zero attached hydrogens (tertiary/aromatic N) is 1. The van der Waals surface area contributed by atoms with E-state index in [-0.39, 0.29) is 6.61 Å². The Morgan fingerprint density at radius 1 is 1.40 bits per heavy atom. The molecule has 1 aromatic rings. The van der Waals surface area contributed by atoms with Crippen LogP contribution in [0, 0.1) is 0 Å². The summed E-state index contributed by atoms with van der Waals surface area (Å²) < 4.78 is 16.6. The van der Waals surface area contributed by atoms with Crippen LogP contribution in [-0.4, -0.2) is 53.9 Å². The van der Waals surface area contributed by atoms with Crippen molar-refractivity contribution in [3.63, 3.8) is 0 Å². The number of carbonyl (C=O) groups is 3. The number of amides is 1. The number of thiazole rings is 1. The van der Waals surface area contributed by atoms with Gasteiger partial charge in [-0.3, -0.25) is 5.43 Å². The van der Waals surface area contributed by atoms with Crippen LogP contribution in [0.4, 0.5) is 4.79 Å². The molecule has 1 aliphatic heterocycles. The van der Waals surface area contributed by atoms with Gasteiger partial charge in [-0.05, 0) is 56.5 Å². The molecule has 1 fully saturated rings. The van der Waals surface area contributed by atoms with Crippen LogP contribution in [0.5, 0.6) is 0 Å². The lowest BCUT2D eigenvalue weighted by atomic mass is 10.1. The first-order valence-electron chi connectivity index (χ1n) is 9.56. The topological polar surface area (TPSA) is 128 Å². The summed E-state index contributed by atoms with van der Waals surface area (Å²) in [5.74, 6) is -1.69. The molecule has 30 heavy (non-hydrogen) atoms. The summed E-state index contributed by atoms with van der Waals surface area (Å²) in [4.78, 5) is 42.0. The smallest absolute Gasteiger partial charge is 0.408 e. The summed E-state index contributed by atoms with van der Waals surface area (Å²) >= 11 is 4.51. The fraction of sp³-hybridized carbons (Fsp3) is 0.667. The monoisotopic (exact) mass is 506 g/mol. The molecule has 0 aromatic carbocycles. The number of alkyl carbamates (subject to hydrolysis) is 1. The fourth-order valence-electron chi connectivity index (χ4n) is 2.65. The van der Waals surface area contributed by atoms with Gasteiger partial charge >= 0.3 is 18.0 Å². The molecule has 0 saturated carbocycles. The van der Waals surface area contributed by atoms with Gasteiger partial charge in [0.15, 0.2) is 6.04 Å². The lowest BCUT2D eigenvalue weighted by molar-refractivity contribution is -0.166. The van der Waals surface area contributed by atoms with Crippen molar-refractivity contribution in [1.29, 1.82) is 0 Å². The Bertz CT molecular complexity index is 747. The van der Waals surface area contributed by atoms with E-state index in [0.29, 0.717) is 22.6 Å². The number of carbonyl (C=O) groups excluding carboxylic acids is 3. The molecule has 1 saturated heterocycles. The van der Waals surface area contributed by atoms with Crippen LogP contribution in [0.1, 0.15) is 51.6 Å². The quantitative estimate of drug-likeness (QED) is 0.376. The van der Waals surface area contributed by atoms with Crippen LogP contribution in [0.15, 0.2) is 9.98 Å². The average molecular weight is 507 g/mol. The molecule has 1 amide bonds. The molecule has 3 atom stereocenters. The Morgan fingerprint density at radius 3 is 2.67 bits per heavy atom. The second-order valence-corrected chi connectivity index (χ2v) is 9.22. The summed E-state index contributed by atoms with van der Waals surface area (Å²) in [7, 11) is 0. The van der Waals surface area contributed by atoms with Crippen LogP contribution in [0.3, 0.4) is 0 Å². The SMILES string of the molecule is CCO[C@H](c1nc(Br)cs1)[C@H](NC(=O)OC(C)(C)C)C(=O)OC(=O)C1CCCNN1. The van der Waals surface area contributed by atoms with Crippen molar-refractivity contribution in [3.05, 3.63) is 15.0 Å². The maximum absolute atomic E-state index is 12.9. The molecule has 10 nitrogen and oxygen atoms in total. The Kier molecular flexibility index (Phi) is 9.16. The van der Waals surface area contributed by atoms with Crippen LogP contribution < -0.4 is 16.2 Å².